The first-order valence-electron chi connectivity index (χ1n) is 8.23. The Morgan fingerprint density at radius 3 is 2.48 bits per heavy atom. The molecule has 2 rings (SSSR count). The number of ether oxygens (including phenoxy) is 2. The number of rotatable bonds is 7. The van der Waals surface area contributed by atoms with Crippen molar-refractivity contribution >= 4 is 11.9 Å². The summed E-state index contributed by atoms with van der Waals surface area (Å²) >= 11 is 0. The van der Waals surface area contributed by atoms with Crippen LogP contribution in [0, 0.1) is 0 Å². The zero-order valence-electron chi connectivity index (χ0n) is 14.7. The Morgan fingerprint density at radius 2 is 1.84 bits per heavy atom. The number of hydrogen-bond acceptors (Lipinski definition) is 4. The van der Waals surface area contributed by atoms with E-state index in [0.29, 0.717) is 5.56 Å². The summed E-state index contributed by atoms with van der Waals surface area (Å²) in [5.74, 6) is -0.138. The van der Waals surface area contributed by atoms with Gasteiger partial charge in [-0.05, 0) is 48.7 Å². The highest BCUT2D eigenvalue weighted by atomic mass is 16.5. The summed E-state index contributed by atoms with van der Waals surface area (Å²) in [7, 11) is 1.59. The topological polar surface area (TPSA) is 64.6 Å². The lowest BCUT2D eigenvalue weighted by molar-refractivity contribution is -0.124. The van der Waals surface area contributed by atoms with E-state index in [1.165, 1.54) is 0 Å². The van der Waals surface area contributed by atoms with Crippen molar-refractivity contribution in [3.8, 4) is 5.75 Å². The Balaban J connectivity index is 1.85. The van der Waals surface area contributed by atoms with Crippen molar-refractivity contribution in [1.29, 1.82) is 0 Å². The molecule has 1 amide bonds. The van der Waals surface area contributed by atoms with E-state index in [9.17, 15) is 9.59 Å². The highest BCUT2D eigenvalue weighted by molar-refractivity contribution is 5.91. The third-order valence-electron chi connectivity index (χ3n) is 3.90. The maximum atomic E-state index is 12.0. The molecule has 0 spiro atoms. The zero-order valence-corrected chi connectivity index (χ0v) is 14.7. The first-order chi connectivity index (χ1) is 12.0. The first-order valence-corrected chi connectivity index (χ1v) is 8.23. The second-order valence-corrected chi connectivity index (χ2v) is 5.69. The van der Waals surface area contributed by atoms with Crippen molar-refractivity contribution in [3.63, 3.8) is 0 Å². The van der Waals surface area contributed by atoms with Gasteiger partial charge in [0.2, 0.25) is 0 Å². The van der Waals surface area contributed by atoms with E-state index in [1.54, 1.807) is 19.2 Å². The Morgan fingerprint density at radius 1 is 1.12 bits per heavy atom. The Hall–Kier alpha value is -2.82. The number of esters is 1. The quantitative estimate of drug-likeness (QED) is 0.785. The van der Waals surface area contributed by atoms with Gasteiger partial charge in [0.15, 0.2) is 6.61 Å². The minimum Gasteiger partial charge on any atom is -0.497 e. The van der Waals surface area contributed by atoms with Gasteiger partial charge in [0, 0.05) is 0 Å². The summed E-state index contributed by atoms with van der Waals surface area (Å²) in [6, 6.07) is 14.4. The monoisotopic (exact) mass is 341 g/mol. The van der Waals surface area contributed by atoms with Crippen LogP contribution < -0.4 is 10.1 Å². The number of hydrogen-bond donors (Lipinski definition) is 1. The number of nitrogens with one attached hydrogen (secondary N) is 1. The lowest BCUT2D eigenvalue weighted by Crippen LogP contribution is -2.31. The molecule has 0 heterocycles. The van der Waals surface area contributed by atoms with E-state index in [4.69, 9.17) is 9.47 Å². The molecule has 0 radical (unpaired) electrons. The van der Waals surface area contributed by atoms with Crippen LogP contribution in [0.1, 0.15) is 41.4 Å². The van der Waals surface area contributed by atoms with E-state index in [1.807, 2.05) is 50.2 Å². The zero-order chi connectivity index (χ0) is 18.2. The molecule has 25 heavy (non-hydrogen) atoms. The molecular weight excluding hydrogens is 318 g/mol. The van der Waals surface area contributed by atoms with Crippen molar-refractivity contribution in [2.75, 3.05) is 13.7 Å². The molecule has 1 N–H and O–H groups in total. The van der Waals surface area contributed by atoms with Gasteiger partial charge in [0.05, 0.1) is 18.7 Å². The number of amides is 1. The number of carbonyl (C=O) groups is 2. The average Bonchev–Trinajstić information content (AvgIpc) is 2.66. The van der Waals surface area contributed by atoms with Crippen LogP contribution in [0.4, 0.5) is 0 Å². The van der Waals surface area contributed by atoms with Gasteiger partial charge in [-0.15, -0.1) is 0 Å². The van der Waals surface area contributed by atoms with Gasteiger partial charge >= 0.3 is 5.97 Å². The van der Waals surface area contributed by atoms with Crippen molar-refractivity contribution in [2.45, 2.75) is 26.3 Å². The fourth-order valence-corrected chi connectivity index (χ4v) is 2.37. The third kappa shape index (κ3) is 5.35. The fraction of sp³-hybridized carbons (Fsp3) is 0.300. The Kier molecular flexibility index (Phi) is 6.57. The van der Waals surface area contributed by atoms with E-state index >= 15 is 0 Å². The molecule has 1 atom stereocenters. The molecular formula is C20H23NO4. The SMILES string of the molecule is CCc1ccc(C(=O)OCC(=O)N[C@H](C)c2cccc(OC)c2)cc1. The molecule has 0 aromatic heterocycles. The van der Waals surface area contributed by atoms with Gasteiger partial charge in [-0.25, -0.2) is 4.79 Å². The number of carbonyl (C=O) groups excluding carboxylic acids is 2. The van der Waals surface area contributed by atoms with E-state index in [-0.39, 0.29) is 18.6 Å². The van der Waals surface area contributed by atoms with Crippen LogP contribution >= 0.6 is 0 Å². The smallest absolute Gasteiger partial charge is 0.338 e. The molecule has 5 heteroatoms. The highest BCUT2D eigenvalue weighted by Gasteiger charge is 2.13. The van der Waals surface area contributed by atoms with E-state index < -0.39 is 5.97 Å². The molecule has 0 fully saturated rings. The molecule has 2 aromatic carbocycles. The van der Waals surface area contributed by atoms with Gasteiger partial charge in [-0.3, -0.25) is 4.79 Å². The number of methoxy groups -OCH3 is 1. The third-order valence-corrected chi connectivity index (χ3v) is 3.90. The van der Waals surface area contributed by atoms with E-state index in [2.05, 4.69) is 5.32 Å². The molecule has 0 saturated carbocycles. The van der Waals surface area contributed by atoms with Crippen LogP contribution in [0.5, 0.6) is 5.75 Å². The summed E-state index contributed by atoms with van der Waals surface area (Å²) in [4.78, 5) is 24.0. The number of benzene rings is 2. The minimum absolute atomic E-state index is 0.217. The second-order valence-electron chi connectivity index (χ2n) is 5.69. The second kappa shape index (κ2) is 8.87. The van der Waals surface area contributed by atoms with Gasteiger partial charge in [0.1, 0.15) is 5.75 Å². The first kappa shape index (κ1) is 18.5. The summed E-state index contributed by atoms with van der Waals surface area (Å²) in [5, 5.41) is 2.80. The predicted molar refractivity (Wildman–Crippen MR) is 95.7 cm³/mol. The molecule has 0 saturated heterocycles. The normalized spacial score (nSPS) is 11.5. The summed E-state index contributed by atoms with van der Waals surface area (Å²) in [6.07, 6.45) is 0.903. The molecule has 0 aliphatic rings. The van der Waals surface area contributed by atoms with Crippen molar-refractivity contribution < 1.29 is 19.1 Å². The Bertz CT molecular complexity index is 725. The van der Waals surface area contributed by atoms with Crippen molar-refractivity contribution in [3.05, 3.63) is 65.2 Å². The van der Waals surface area contributed by atoms with Crippen LogP contribution in [0.15, 0.2) is 48.5 Å². The molecule has 0 unspecified atom stereocenters. The van der Waals surface area contributed by atoms with Crippen LogP contribution in [0.3, 0.4) is 0 Å². The van der Waals surface area contributed by atoms with Crippen LogP contribution in [-0.4, -0.2) is 25.6 Å². The summed E-state index contributed by atoms with van der Waals surface area (Å²) in [6.45, 7) is 3.59. The van der Waals surface area contributed by atoms with Crippen LogP contribution in [0.25, 0.3) is 0 Å². The molecule has 0 aliphatic carbocycles. The average molecular weight is 341 g/mol. The molecule has 132 valence electrons. The maximum absolute atomic E-state index is 12.0. The van der Waals surface area contributed by atoms with E-state index in [0.717, 1.165) is 23.3 Å². The van der Waals surface area contributed by atoms with Gasteiger partial charge in [-0.1, -0.05) is 31.2 Å². The number of aryl methyl sites for hydroxylation is 1. The van der Waals surface area contributed by atoms with Gasteiger partial charge in [-0.2, -0.15) is 0 Å². The standard InChI is InChI=1S/C20H23NO4/c1-4-15-8-10-16(11-9-15)20(23)25-13-19(22)21-14(2)17-6-5-7-18(12-17)24-3/h5-12,14H,4,13H2,1-3H3,(H,21,22)/t14-/m1/s1. The summed E-state index contributed by atoms with van der Waals surface area (Å²) < 4.78 is 10.2. The highest BCUT2D eigenvalue weighted by Crippen LogP contribution is 2.18. The minimum atomic E-state index is -0.508. The van der Waals surface area contributed by atoms with Crippen LogP contribution in [0.2, 0.25) is 0 Å². The van der Waals surface area contributed by atoms with Gasteiger partial charge < -0.3 is 14.8 Å². The molecule has 0 bridgehead atoms. The molecule has 5 nitrogen and oxygen atoms in total. The molecule has 2 aromatic rings. The lowest BCUT2D eigenvalue weighted by Gasteiger charge is -2.15. The Labute approximate surface area is 148 Å². The lowest BCUT2D eigenvalue weighted by atomic mass is 10.1. The van der Waals surface area contributed by atoms with Crippen LogP contribution in [-0.2, 0) is 16.0 Å². The van der Waals surface area contributed by atoms with Crippen molar-refractivity contribution in [1.82, 2.24) is 5.32 Å². The largest absolute Gasteiger partial charge is 0.497 e. The van der Waals surface area contributed by atoms with Crippen molar-refractivity contribution in [2.24, 2.45) is 0 Å². The maximum Gasteiger partial charge on any atom is 0.338 e. The predicted octanol–water partition coefficient (Wildman–Crippen LogP) is 3.29. The fourth-order valence-electron chi connectivity index (χ4n) is 2.37. The molecule has 0 aliphatic heterocycles. The van der Waals surface area contributed by atoms with Gasteiger partial charge in [0.25, 0.3) is 5.91 Å². The summed E-state index contributed by atoms with van der Waals surface area (Å²) in [5.41, 5.74) is 2.49.